The summed E-state index contributed by atoms with van der Waals surface area (Å²) in [6.45, 7) is 1.87. The minimum atomic E-state index is -0.304. The van der Waals surface area contributed by atoms with Crippen LogP contribution in [0.15, 0.2) is 49.1 Å². The molecule has 5 nitrogen and oxygen atoms in total. The molecule has 0 unspecified atom stereocenters. The number of halogens is 2. The Balaban J connectivity index is 0. The molecule has 0 saturated heterocycles. The van der Waals surface area contributed by atoms with Crippen LogP contribution in [-0.4, -0.2) is 18.9 Å². The first-order valence-corrected chi connectivity index (χ1v) is 7.00. The first kappa shape index (κ1) is 25.1. The Hall–Kier alpha value is -1.10. The van der Waals surface area contributed by atoms with E-state index < -0.39 is 0 Å². The fraction of sp³-hybridized carbons (Fsp3) is 0.294. The van der Waals surface area contributed by atoms with Crippen LogP contribution in [0.5, 0.6) is 0 Å². The predicted octanol–water partition coefficient (Wildman–Crippen LogP) is -4.59. The normalized spacial score (nSPS) is 8.67. The molecule has 2 heterocycles. The summed E-state index contributed by atoms with van der Waals surface area (Å²) in [5.74, 6) is -0.109. The monoisotopic (exact) mass is 556 g/mol. The van der Waals surface area contributed by atoms with Gasteiger partial charge in [-0.05, 0) is 12.1 Å². The largest absolute Gasteiger partial charge is 1.00 e. The number of ketones is 1. The third-order valence-corrected chi connectivity index (χ3v) is 2.94. The Morgan fingerprint density at radius 3 is 1.83 bits per heavy atom. The molecule has 7 heteroatoms. The third kappa shape index (κ3) is 8.67. The molecule has 0 amide bonds. The van der Waals surface area contributed by atoms with E-state index in [0.717, 1.165) is 5.56 Å². The summed E-state index contributed by atoms with van der Waals surface area (Å²) in [6.07, 6.45) is 7.89. The lowest BCUT2D eigenvalue weighted by Gasteiger charge is -1.94. The average molecular weight is 556 g/mol. The number of aromatic nitrogens is 2. The van der Waals surface area contributed by atoms with Gasteiger partial charge in [-0.1, -0.05) is 6.92 Å². The van der Waals surface area contributed by atoms with Crippen molar-refractivity contribution in [2.75, 3.05) is 7.11 Å². The van der Waals surface area contributed by atoms with Gasteiger partial charge in [-0.15, -0.1) is 0 Å². The number of carbonyl (C=O) groups excluding carboxylic acids is 2. The SMILES string of the molecule is CCC(=O)c1ccc[n+](C)c1.COC(=O)c1ccc[n+](C)c1.[I-].[I-]. The fourth-order valence-corrected chi connectivity index (χ4v) is 1.78. The van der Waals surface area contributed by atoms with Gasteiger partial charge in [0.15, 0.2) is 30.6 Å². The van der Waals surface area contributed by atoms with Crippen LogP contribution in [0.1, 0.15) is 34.1 Å². The number of carbonyl (C=O) groups is 2. The van der Waals surface area contributed by atoms with Gasteiger partial charge in [0.05, 0.1) is 12.7 Å². The molecule has 0 spiro atoms. The van der Waals surface area contributed by atoms with Crippen molar-refractivity contribution in [3.63, 3.8) is 0 Å². The van der Waals surface area contributed by atoms with Gasteiger partial charge in [0.2, 0.25) is 0 Å². The molecular formula is C17H22I2N2O3. The van der Waals surface area contributed by atoms with Crippen molar-refractivity contribution in [1.82, 2.24) is 0 Å². The van der Waals surface area contributed by atoms with Gasteiger partial charge < -0.3 is 52.7 Å². The van der Waals surface area contributed by atoms with Crippen molar-refractivity contribution in [1.29, 1.82) is 0 Å². The Bertz CT molecular complexity index is 606. The second-order valence-electron chi connectivity index (χ2n) is 4.78. The second-order valence-corrected chi connectivity index (χ2v) is 4.78. The fourth-order valence-electron chi connectivity index (χ4n) is 1.78. The molecule has 2 aromatic heterocycles. The molecule has 0 aliphatic heterocycles. The highest BCUT2D eigenvalue weighted by atomic mass is 127. The highest BCUT2D eigenvalue weighted by Crippen LogP contribution is 1.98. The maximum atomic E-state index is 11.2. The van der Waals surface area contributed by atoms with Crippen LogP contribution in [0.3, 0.4) is 0 Å². The molecule has 24 heavy (non-hydrogen) atoms. The van der Waals surface area contributed by atoms with Gasteiger partial charge in [0, 0.05) is 18.6 Å². The lowest BCUT2D eigenvalue weighted by molar-refractivity contribution is -0.671. The first-order valence-electron chi connectivity index (χ1n) is 7.00. The van der Waals surface area contributed by atoms with Crippen LogP contribution in [-0.2, 0) is 18.8 Å². The standard InChI is InChI=1S/C9H12NO.C8H10NO2.2HI/c1-3-9(11)8-5-4-6-10(2)7-8;1-9-5-3-4-7(6-9)8(10)11-2;;/h4-7H,3H2,1-2H3;3-6H,1-2H3;2*1H/q2*+1;;/p-2. The van der Waals surface area contributed by atoms with Gasteiger partial charge in [-0.2, -0.15) is 0 Å². The number of ether oxygens (including phenoxy) is 1. The number of nitrogens with zero attached hydrogens (tertiary/aromatic N) is 2. The van der Waals surface area contributed by atoms with E-state index in [-0.39, 0.29) is 59.7 Å². The summed E-state index contributed by atoms with van der Waals surface area (Å²) >= 11 is 0. The molecule has 2 rings (SSSR count). The number of Topliss-reactive ketones (excluding diaryl/α,β-unsaturated/α-hetero) is 1. The number of rotatable bonds is 3. The lowest BCUT2D eigenvalue weighted by atomic mass is 10.1. The quantitative estimate of drug-likeness (QED) is 0.166. The van der Waals surface area contributed by atoms with Crippen LogP contribution in [0, 0.1) is 0 Å². The number of esters is 1. The summed E-state index contributed by atoms with van der Waals surface area (Å²) in [7, 11) is 5.13. The molecule has 0 aliphatic carbocycles. The van der Waals surface area contributed by atoms with Crippen LogP contribution in [0.2, 0.25) is 0 Å². The lowest BCUT2D eigenvalue weighted by Crippen LogP contribution is -3.00. The van der Waals surface area contributed by atoms with E-state index in [0.29, 0.717) is 12.0 Å². The van der Waals surface area contributed by atoms with Crippen LogP contribution in [0.25, 0.3) is 0 Å². The molecule has 0 N–H and O–H groups in total. The van der Waals surface area contributed by atoms with Crippen LogP contribution < -0.4 is 57.1 Å². The molecule has 132 valence electrons. The molecule has 0 aromatic carbocycles. The van der Waals surface area contributed by atoms with Crippen molar-refractivity contribution in [2.24, 2.45) is 14.1 Å². The van der Waals surface area contributed by atoms with Crippen molar-refractivity contribution in [3.05, 3.63) is 60.2 Å². The minimum Gasteiger partial charge on any atom is -1.00 e. The molecule has 0 fully saturated rings. The molecule has 0 radical (unpaired) electrons. The number of hydrogen-bond donors (Lipinski definition) is 0. The van der Waals surface area contributed by atoms with E-state index >= 15 is 0 Å². The van der Waals surface area contributed by atoms with Gasteiger partial charge in [-0.25, -0.2) is 13.9 Å². The maximum absolute atomic E-state index is 11.2. The summed E-state index contributed by atoms with van der Waals surface area (Å²) in [6, 6.07) is 7.23. The molecule has 0 bridgehead atoms. The van der Waals surface area contributed by atoms with Gasteiger partial charge >= 0.3 is 5.97 Å². The van der Waals surface area contributed by atoms with E-state index in [1.807, 2.05) is 56.3 Å². The molecule has 2 aromatic rings. The Morgan fingerprint density at radius 1 is 0.958 bits per heavy atom. The zero-order valence-electron chi connectivity index (χ0n) is 14.2. The Morgan fingerprint density at radius 2 is 1.42 bits per heavy atom. The highest BCUT2D eigenvalue weighted by molar-refractivity contribution is 5.95. The summed E-state index contributed by atoms with van der Waals surface area (Å²) in [5.41, 5.74) is 1.36. The number of pyridine rings is 2. The smallest absolute Gasteiger partial charge is 0.343 e. The second kappa shape index (κ2) is 13.2. The predicted molar refractivity (Wildman–Crippen MR) is 81.2 cm³/mol. The highest BCUT2D eigenvalue weighted by Gasteiger charge is 2.07. The van der Waals surface area contributed by atoms with Crippen molar-refractivity contribution >= 4 is 11.8 Å². The van der Waals surface area contributed by atoms with Crippen molar-refractivity contribution in [2.45, 2.75) is 13.3 Å². The number of hydrogen-bond acceptors (Lipinski definition) is 3. The van der Waals surface area contributed by atoms with Crippen molar-refractivity contribution in [3.8, 4) is 0 Å². The van der Waals surface area contributed by atoms with E-state index in [2.05, 4.69) is 4.74 Å². The topological polar surface area (TPSA) is 51.1 Å². The molecule has 0 atom stereocenters. The van der Waals surface area contributed by atoms with E-state index in [1.165, 1.54) is 7.11 Å². The van der Waals surface area contributed by atoms with Crippen molar-refractivity contribution < 1.29 is 71.4 Å². The number of methoxy groups -OCH3 is 1. The molecule has 0 aliphatic rings. The van der Waals surface area contributed by atoms with Gasteiger partial charge in [0.1, 0.15) is 19.7 Å². The van der Waals surface area contributed by atoms with Crippen LogP contribution in [0.4, 0.5) is 0 Å². The number of aryl methyl sites for hydroxylation is 2. The summed E-state index contributed by atoms with van der Waals surface area (Å²) < 4.78 is 8.21. The zero-order valence-corrected chi connectivity index (χ0v) is 18.5. The maximum Gasteiger partial charge on any atom is 0.343 e. The summed E-state index contributed by atoms with van der Waals surface area (Å²) in [4.78, 5) is 22.1. The van der Waals surface area contributed by atoms with E-state index in [1.54, 1.807) is 22.9 Å². The molecule has 0 saturated carbocycles. The van der Waals surface area contributed by atoms with E-state index in [4.69, 9.17) is 0 Å². The summed E-state index contributed by atoms with van der Waals surface area (Å²) in [5, 5.41) is 0. The van der Waals surface area contributed by atoms with Gasteiger partial charge in [-0.3, -0.25) is 4.79 Å². The van der Waals surface area contributed by atoms with Crippen LogP contribution >= 0.6 is 0 Å². The first-order chi connectivity index (χ1) is 10.5. The Kier molecular flexibility index (Phi) is 13.9. The minimum absolute atomic E-state index is 0. The van der Waals surface area contributed by atoms with E-state index in [9.17, 15) is 9.59 Å². The Labute approximate surface area is 177 Å². The zero-order chi connectivity index (χ0) is 16.5. The third-order valence-electron chi connectivity index (χ3n) is 2.94. The van der Waals surface area contributed by atoms with Gasteiger partial charge in [0.25, 0.3) is 0 Å². The average Bonchev–Trinajstić information content (AvgIpc) is 2.54. The molecular weight excluding hydrogens is 534 g/mol.